The molecule has 0 bridgehead atoms. The maximum absolute atomic E-state index is 2.31. The normalized spacial score (nSPS) is 11.5. The zero-order chi connectivity index (χ0) is 15.7. The van der Waals surface area contributed by atoms with Gasteiger partial charge in [-0.05, 0) is 50.9 Å². The molecule has 0 atom stereocenters. The van der Waals surface area contributed by atoms with Gasteiger partial charge in [-0.2, -0.15) is 0 Å². The van der Waals surface area contributed by atoms with Gasteiger partial charge in [-0.25, -0.2) is 0 Å². The van der Waals surface area contributed by atoms with E-state index in [0.717, 1.165) is 0 Å². The fourth-order valence-electron chi connectivity index (χ4n) is 2.86. The molecule has 0 saturated carbocycles. The Kier molecular flexibility index (Phi) is 4.02. The van der Waals surface area contributed by atoms with Crippen LogP contribution in [-0.2, 0) is 0 Å². The number of hydrogen-bond donors (Lipinski definition) is 0. The molecule has 0 heterocycles. The molecule has 0 fully saturated rings. The van der Waals surface area contributed by atoms with E-state index in [0.29, 0.717) is 11.8 Å². The molecule has 0 aliphatic carbocycles. The SMILES string of the molecule is CC(C)c1ccc(-c2ccc3cc(C(C)C)ccc3c2)cc1. The van der Waals surface area contributed by atoms with Crippen LogP contribution < -0.4 is 0 Å². The van der Waals surface area contributed by atoms with E-state index < -0.39 is 0 Å². The van der Waals surface area contributed by atoms with Gasteiger partial charge < -0.3 is 0 Å². The van der Waals surface area contributed by atoms with Crippen LogP contribution in [0.3, 0.4) is 0 Å². The van der Waals surface area contributed by atoms with E-state index in [1.165, 1.54) is 33.0 Å². The molecule has 0 saturated heterocycles. The highest BCUT2D eigenvalue weighted by atomic mass is 14.1. The van der Waals surface area contributed by atoms with Crippen molar-refractivity contribution in [1.82, 2.24) is 0 Å². The van der Waals surface area contributed by atoms with Crippen molar-refractivity contribution in [3.63, 3.8) is 0 Å². The van der Waals surface area contributed by atoms with Gasteiger partial charge in [-0.3, -0.25) is 0 Å². The molecule has 0 aliphatic rings. The fraction of sp³-hybridized carbons (Fsp3) is 0.273. The second kappa shape index (κ2) is 5.96. The van der Waals surface area contributed by atoms with Crippen LogP contribution >= 0.6 is 0 Å². The Morgan fingerprint density at radius 3 is 1.64 bits per heavy atom. The minimum Gasteiger partial charge on any atom is -0.0587 e. The van der Waals surface area contributed by atoms with Gasteiger partial charge in [0.2, 0.25) is 0 Å². The first kappa shape index (κ1) is 14.8. The average molecular weight is 288 g/mol. The van der Waals surface area contributed by atoms with Crippen molar-refractivity contribution in [3.8, 4) is 11.1 Å². The third-order valence-corrected chi connectivity index (χ3v) is 4.44. The number of rotatable bonds is 3. The van der Waals surface area contributed by atoms with Crippen molar-refractivity contribution < 1.29 is 0 Å². The zero-order valence-electron chi connectivity index (χ0n) is 13.9. The van der Waals surface area contributed by atoms with Gasteiger partial charge >= 0.3 is 0 Å². The quantitative estimate of drug-likeness (QED) is 0.500. The van der Waals surface area contributed by atoms with Crippen LogP contribution in [0.5, 0.6) is 0 Å². The summed E-state index contributed by atoms with van der Waals surface area (Å²) >= 11 is 0. The number of hydrogen-bond acceptors (Lipinski definition) is 0. The molecular formula is C22H24. The molecule has 3 rings (SSSR count). The van der Waals surface area contributed by atoms with Crippen molar-refractivity contribution in [2.75, 3.05) is 0 Å². The predicted octanol–water partition coefficient (Wildman–Crippen LogP) is 6.75. The Labute approximate surface area is 133 Å². The lowest BCUT2D eigenvalue weighted by Crippen LogP contribution is -1.88. The Morgan fingerprint density at radius 1 is 0.500 bits per heavy atom. The van der Waals surface area contributed by atoms with Crippen molar-refractivity contribution in [3.05, 3.63) is 71.8 Å². The smallest absolute Gasteiger partial charge is 0.0178 e. The molecular weight excluding hydrogens is 264 g/mol. The van der Waals surface area contributed by atoms with Crippen LogP contribution in [0.15, 0.2) is 60.7 Å². The third kappa shape index (κ3) is 2.92. The van der Waals surface area contributed by atoms with Gasteiger partial charge in [0.05, 0.1) is 0 Å². The van der Waals surface area contributed by atoms with Crippen molar-refractivity contribution in [1.29, 1.82) is 0 Å². The van der Waals surface area contributed by atoms with Crippen LogP contribution in [0.1, 0.15) is 50.7 Å². The first-order chi connectivity index (χ1) is 10.5. The van der Waals surface area contributed by atoms with E-state index in [2.05, 4.69) is 88.4 Å². The summed E-state index contributed by atoms with van der Waals surface area (Å²) in [5.41, 5.74) is 5.38. The summed E-state index contributed by atoms with van der Waals surface area (Å²) < 4.78 is 0. The highest BCUT2D eigenvalue weighted by Gasteiger charge is 2.04. The lowest BCUT2D eigenvalue weighted by atomic mass is 9.95. The maximum atomic E-state index is 2.31. The molecule has 0 aliphatic heterocycles. The number of benzene rings is 3. The van der Waals surface area contributed by atoms with Crippen LogP contribution in [0, 0.1) is 0 Å². The molecule has 0 unspecified atom stereocenters. The highest BCUT2D eigenvalue weighted by molar-refractivity contribution is 5.88. The first-order valence-corrected chi connectivity index (χ1v) is 8.18. The highest BCUT2D eigenvalue weighted by Crippen LogP contribution is 2.28. The molecule has 0 spiro atoms. The molecule has 22 heavy (non-hydrogen) atoms. The van der Waals surface area contributed by atoms with Crippen molar-refractivity contribution in [2.24, 2.45) is 0 Å². The Bertz CT molecular complexity index is 777. The third-order valence-electron chi connectivity index (χ3n) is 4.44. The molecule has 3 aromatic carbocycles. The largest absolute Gasteiger partial charge is 0.0587 e. The van der Waals surface area contributed by atoms with E-state index in [1.54, 1.807) is 0 Å². The molecule has 0 nitrogen and oxygen atoms in total. The van der Waals surface area contributed by atoms with Crippen LogP contribution in [0.4, 0.5) is 0 Å². The second-order valence-corrected chi connectivity index (χ2v) is 6.75. The summed E-state index contributed by atoms with van der Waals surface area (Å²) in [5.74, 6) is 1.16. The van der Waals surface area contributed by atoms with E-state index in [4.69, 9.17) is 0 Å². The lowest BCUT2D eigenvalue weighted by molar-refractivity contribution is 0.867. The van der Waals surface area contributed by atoms with Gasteiger partial charge in [0.15, 0.2) is 0 Å². The second-order valence-electron chi connectivity index (χ2n) is 6.75. The van der Waals surface area contributed by atoms with E-state index in [-0.39, 0.29) is 0 Å². The van der Waals surface area contributed by atoms with Gasteiger partial charge in [0, 0.05) is 0 Å². The van der Waals surface area contributed by atoms with Crippen LogP contribution in [-0.4, -0.2) is 0 Å². The maximum Gasteiger partial charge on any atom is -0.0178 e. The van der Waals surface area contributed by atoms with E-state index >= 15 is 0 Å². The summed E-state index contributed by atoms with van der Waals surface area (Å²) in [5, 5.41) is 2.64. The number of fused-ring (bicyclic) bond motifs is 1. The summed E-state index contributed by atoms with van der Waals surface area (Å²) in [6.45, 7) is 8.95. The minimum atomic E-state index is 0.577. The topological polar surface area (TPSA) is 0 Å². The average Bonchev–Trinajstić information content (AvgIpc) is 2.54. The summed E-state index contributed by atoms with van der Waals surface area (Å²) in [7, 11) is 0. The Morgan fingerprint density at radius 2 is 1.00 bits per heavy atom. The van der Waals surface area contributed by atoms with Gasteiger partial charge in [-0.1, -0.05) is 82.3 Å². The summed E-state index contributed by atoms with van der Waals surface area (Å²) in [6, 6.07) is 22.5. The molecule has 0 aromatic heterocycles. The van der Waals surface area contributed by atoms with Gasteiger partial charge in [0.1, 0.15) is 0 Å². The minimum absolute atomic E-state index is 0.577. The molecule has 0 radical (unpaired) electrons. The lowest BCUT2D eigenvalue weighted by Gasteiger charge is -2.10. The fourth-order valence-corrected chi connectivity index (χ4v) is 2.86. The van der Waals surface area contributed by atoms with Gasteiger partial charge in [0.25, 0.3) is 0 Å². The molecule has 112 valence electrons. The monoisotopic (exact) mass is 288 g/mol. The van der Waals surface area contributed by atoms with Crippen molar-refractivity contribution in [2.45, 2.75) is 39.5 Å². The molecule has 0 amide bonds. The molecule has 3 aromatic rings. The Hall–Kier alpha value is -2.08. The van der Waals surface area contributed by atoms with Crippen LogP contribution in [0.25, 0.3) is 21.9 Å². The Balaban J connectivity index is 1.99. The molecule has 0 heteroatoms. The molecule has 0 N–H and O–H groups in total. The summed E-state index contributed by atoms with van der Waals surface area (Å²) in [4.78, 5) is 0. The predicted molar refractivity (Wildman–Crippen MR) is 97.6 cm³/mol. The standard InChI is InChI=1S/C22H24/c1-15(2)17-5-7-18(8-6-17)20-11-12-21-13-19(16(3)4)9-10-22(21)14-20/h5-16H,1-4H3. The van der Waals surface area contributed by atoms with E-state index in [1.807, 2.05) is 0 Å². The van der Waals surface area contributed by atoms with Crippen molar-refractivity contribution >= 4 is 10.8 Å². The van der Waals surface area contributed by atoms with E-state index in [9.17, 15) is 0 Å². The van der Waals surface area contributed by atoms with Crippen LogP contribution in [0.2, 0.25) is 0 Å². The van der Waals surface area contributed by atoms with Gasteiger partial charge in [-0.15, -0.1) is 0 Å². The first-order valence-electron chi connectivity index (χ1n) is 8.18. The summed E-state index contributed by atoms with van der Waals surface area (Å²) in [6.07, 6.45) is 0. The zero-order valence-corrected chi connectivity index (χ0v) is 13.9.